The van der Waals surface area contributed by atoms with Crippen LogP contribution in [0.3, 0.4) is 0 Å². The van der Waals surface area contributed by atoms with Crippen molar-refractivity contribution in [2.24, 2.45) is 0 Å². The molecule has 0 aromatic heterocycles. The minimum absolute atomic E-state index is 0.000128. The summed E-state index contributed by atoms with van der Waals surface area (Å²) < 4.78 is 0. The normalized spacial score (nSPS) is 19.5. The van der Waals surface area contributed by atoms with Crippen LogP contribution in [0.1, 0.15) is 35.2 Å². The summed E-state index contributed by atoms with van der Waals surface area (Å²) in [5, 5.41) is 5.61. The van der Waals surface area contributed by atoms with Gasteiger partial charge >= 0.3 is 0 Å². The molecule has 1 heterocycles. The van der Waals surface area contributed by atoms with Crippen LogP contribution in [0.15, 0.2) is 36.4 Å². The molecule has 1 atom stereocenters. The monoisotopic (exact) mass is 253 g/mol. The number of rotatable bonds is 2. The Hall–Kier alpha value is -1.67. The van der Waals surface area contributed by atoms with Crippen LogP contribution in [0, 0.1) is 6.92 Å². The second-order valence-corrected chi connectivity index (χ2v) is 5.34. The van der Waals surface area contributed by atoms with Crippen molar-refractivity contribution in [1.29, 1.82) is 0 Å². The van der Waals surface area contributed by atoms with Crippen LogP contribution in [0.5, 0.6) is 0 Å². The van der Waals surface area contributed by atoms with Crippen molar-refractivity contribution < 1.29 is 4.79 Å². The number of hydrogen-bond donors (Lipinski definition) is 1. The molecule has 0 saturated carbocycles. The average molecular weight is 253 g/mol. The van der Waals surface area contributed by atoms with Gasteiger partial charge in [0.25, 0.3) is 0 Å². The molecule has 1 aliphatic rings. The second kappa shape index (κ2) is 5.14. The van der Waals surface area contributed by atoms with Gasteiger partial charge in [-0.3, -0.25) is 4.79 Å². The van der Waals surface area contributed by atoms with E-state index in [1.165, 1.54) is 17.4 Å². The number of benzene rings is 2. The number of carbonyl (C=O) groups excluding carboxylic acids is 1. The predicted octanol–water partition coefficient (Wildman–Crippen LogP) is 3.47. The summed E-state index contributed by atoms with van der Waals surface area (Å²) in [6.07, 6.45) is 3.28. The van der Waals surface area contributed by atoms with E-state index in [9.17, 15) is 4.79 Å². The van der Waals surface area contributed by atoms with Crippen LogP contribution in [-0.2, 0) is 0 Å². The quantitative estimate of drug-likeness (QED) is 0.830. The Morgan fingerprint density at radius 2 is 1.89 bits per heavy atom. The highest BCUT2D eigenvalue weighted by Gasteiger charge is 2.23. The topological polar surface area (TPSA) is 29.1 Å². The van der Waals surface area contributed by atoms with Crippen LogP contribution in [0.2, 0.25) is 0 Å². The predicted molar refractivity (Wildman–Crippen MR) is 78.7 cm³/mol. The van der Waals surface area contributed by atoms with Gasteiger partial charge in [-0.2, -0.15) is 0 Å². The van der Waals surface area contributed by atoms with Crippen LogP contribution >= 0.6 is 0 Å². The number of piperidine rings is 1. The second-order valence-electron chi connectivity index (χ2n) is 5.34. The van der Waals surface area contributed by atoms with E-state index < -0.39 is 0 Å². The summed E-state index contributed by atoms with van der Waals surface area (Å²) in [6, 6.07) is 12.2. The highest BCUT2D eigenvalue weighted by atomic mass is 16.1. The minimum Gasteiger partial charge on any atom is -0.307 e. The molecule has 98 valence electrons. The van der Waals surface area contributed by atoms with Gasteiger partial charge in [0.2, 0.25) is 0 Å². The van der Waals surface area contributed by atoms with Gasteiger partial charge in [0.05, 0.1) is 6.04 Å². The molecule has 1 fully saturated rings. The van der Waals surface area contributed by atoms with Gasteiger partial charge in [0.1, 0.15) is 0 Å². The average Bonchev–Trinajstić information content (AvgIpc) is 2.48. The molecule has 0 radical (unpaired) electrons. The Bertz CT molecular complexity index is 612. The van der Waals surface area contributed by atoms with Crippen LogP contribution in [0.4, 0.5) is 0 Å². The zero-order valence-corrected chi connectivity index (χ0v) is 11.3. The highest BCUT2D eigenvalue weighted by Crippen LogP contribution is 2.24. The Kier molecular flexibility index (Phi) is 3.34. The molecule has 0 aliphatic carbocycles. The molecular formula is C17H19NO. The molecule has 0 amide bonds. The highest BCUT2D eigenvalue weighted by molar-refractivity contribution is 6.11. The van der Waals surface area contributed by atoms with Crippen LogP contribution < -0.4 is 5.32 Å². The first-order valence-electron chi connectivity index (χ1n) is 7.03. The molecule has 2 heteroatoms. The molecular weight excluding hydrogens is 234 g/mol. The first-order valence-corrected chi connectivity index (χ1v) is 7.03. The molecule has 1 saturated heterocycles. The summed E-state index contributed by atoms with van der Waals surface area (Å²) in [6.45, 7) is 3.05. The molecule has 0 spiro atoms. The summed E-state index contributed by atoms with van der Waals surface area (Å²) >= 11 is 0. The molecule has 1 N–H and O–H groups in total. The molecule has 1 unspecified atom stereocenters. The number of fused-ring (bicyclic) bond motifs is 1. The number of ketones is 1. The first-order chi connectivity index (χ1) is 9.27. The van der Waals surface area contributed by atoms with Gasteiger partial charge in [-0.15, -0.1) is 0 Å². The zero-order chi connectivity index (χ0) is 13.2. The lowest BCUT2D eigenvalue weighted by Crippen LogP contribution is -2.40. The summed E-state index contributed by atoms with van der Waals surface area (Å²) in [5.41, 5.74) is 2.09. The van der Waals surface area contributed by atoms with E-state index in [4.69, 9.17) is 0 Å². The van der Waals surface area contributed by atoms with Crippen molar-refractivity contribution in [3.63, 3.8) is 0 Å². The van der Waals surface area contributed by atoms with Crippen molar-refractivity contribution in [1.82, 2.24) is 5.32 Å². The Balaban J connectivity index is 2.05. The van der Waals surface area contributed by atoms with Crippen molar-refractivity contribution in [3.8, 4) is 0 Å². The molecule has 2 nitrogen and oxygen atoms in total. The largest absolute Gasteiger partial charge is 0.307 e. The zero-order valence-electron chi connectivity index (χ0n) is 11.3. The summed E-state index contributed by atoms with van der Waals surface area (Å²) in [7, 11) is 0. The smallest absolute Gasteiger partial charge is 0.180 e. The fourth-order valence-electron chi connectivity index (χ4n) is 2.93. The van der Waals surface area contributed by atoms with E-state index in [0.717, 1.165) is 30.3 Å². The van der Waals surface area contributed by atoms with Crippen LogP contribution in [-0.4, -0.2) is 18.4 Å². The number of nitrogens with one attached hydrogen (secondary N) is 1. The van der Waals surface area contributed by atoms with Gasteiger partial charge in [0, 0.05) is 5.56 Å². The van der Waals surface area contributed by atoms with E-state index >= 15 is 0 Å². The van der Waals surface area contributed by atoms with Crippen LogP contribution in [0.25, 0.3) is 10.8 Å². The molecule has 1 aliphatic heterocycles. The van der Waals surface area contributed by atoms with E-state index in [2.05, 4.69) is 30.4 Å². The Morgan fingerprint density at radius 1 is 1.11 bits per heavy atom. The van der Waals surface area contributed by atoms with E-state index in [1.54, 1.807) is 0 Å². The molecule has 0 bridgehead atoms. The van der Waals surface area contributed by atoms with Gasteiger partial charge in [-0.25, -0.2) is 0 Å². The Labute approximate surface area is 113 Å². The van der Waals surface area contributed by atoms with Gasteiger partial charge in [-0.1, -0.05) is 42.8 Å². The van der Waals surface area contributed by atoms with E-state index in [0.29, 0.717) is 0 Å². The molecule has 2 aromatic carbocycles. The van der Waals surface area contributed by atoms with Crippen molar-refractivity contribution in [2.75, 3.05) is 6.54 Å². The third-order valence-corrected chi connectivity index (χ3v) is 4.03. The first kappa shape index (κ1) is 12.4. The fraction of sp³-hybridized carbons (Fsp3) is 0.353. The molecule has 2 aromatic rings. The third kappa shape index (κ3) is 2.28. The molecule has 3 rings (SSSR count). The summed E-state index contributed by atoms with van der Waals surface area (Å²) in [5.74, 6) is 0.246. The van der Waals surface area contributed by atoms with E-state index in [-0.39, 0.29) is 11.8 Å². The number of aryl methyl sites for hydroxylation is 1. The lowest BCUT2D eigenvalue weighted by Gasteiger charge is -2.23. The summed E-state index contributed by atoms with van der Waals surface area (Å²) in [4.78, 5) is 12.7. The number of Topliss-reactive ketones (excluding diaryl/α,β-unsaturated/α-hetero) is 1. The standard InChI is InChI=1S/C17H19NO/c1-12-9-10-15(14-7-3-2-6-13(12)14)17(19)16-8-4-5-11-18-16/h2-3,6-7,9-10,16,18H,4-5,8,11H2,1H3. The van der Waals surface area contributed by atoms with Gasteiger partial charge in [0.15, 0.2) is 5.78 Å². The third-order valence-electron chi connectivity index (χ3n) is 4.03. The number of carbonyl (C=O) groups is 1. The lowest BCUT2D eigenvalue weighted by atomic mass is 9.92. The fourth-order valence-corrected chi connectivity index (χ4v) is 2.93. The minimum atomic E-state index is -0.000128. The lowest BCUT2D eigenvalue weighted by molar-refractivity contribution is 0.0929. The maximum atomic E-state index is 12.7. The van der Waals surface area contributed by atoms with Crippen molar-refractivity contribution in [2.45, 2.75) is 32.2 Å². The van der Waals surface area contributed by atoms with Gasteiger partial charge < -0.3 is 5.32 Å². The maximum absolute atomic E-state index is 12.7. The van der Waals surface area contributed by atoms with Crippen molar-refractivity contribution in [3.05, 3.63) is 47.5 Å². The Morgan fingerprint density at radius 3 is 2.63 bits per heavy atom. The maximum Gasteiger partial charge on any atom is 0.180 e. The van der Waals surface area contributed by atoms with Gasteiger partial charge in [-0.05, 0) is 42.6 Å². The van der Waals surface area contributed by atoms with E-state index in [1.807, 2.05) is 18.2 Å². The van der Waals surface area contributed by atoms with Crippen molar-refractivity contribution >= 4 is 16.6 Å². The molecule has 19 heavy (non-hydrogen) atoms. The number of hydrogen-bond acceptors (Lipinski definition) is 2. The SMILES string of the molecule is Cc1ccc(C(=O)C2CCCCN2)c2ccccc12.